The summed E-state index contributed by atoms with van der Waals surface area (Å²) in [4.78, 5) is 22.7. The first-order valence-corrected chi connectivity index (χ1v) is 9.64. The van der Waals surface area contributed by atoms with Gasteiger partial charge in [0.25, 0.3) is 0 Å². The summed E-state index contributed by atoms with van der Waals surface area (Å²) in [5.74, 6) is 2.19. The van der Waals surface area contributed by atoms with Gasteiger partial charge in [-0.15, -0.1) is 0 Å². The van der Waals surface area contributed by atoms with E-state index in [1.165, 1.54) is 5.56 Å². The molecule has 0 aliphatic heterocycles. The van der Waals surface area contributed by atoms with Crippen LogP contribution in [0.25, 0.3) is 0 Å². The lowest BCUT2D eigenvalue weighted by atomic mass is 9.72. The van der Waals surface area contributed by atoms with E-state index in [1.54, 1.807) is 0 Å². The molecule has 5 nitrogen and oxygen atoms in total. The van der Waals surface area contributed by atoms with Gasteiger partial charge in [0.2, 0.25) is 0 Å². The third-order valence-electron chi connectivity index (χ3n) is 4.77. The molecule has 1 amide bonds. The number of ether oxygens (including phenoxy) is 2. The molecule has 150 valence electrons. The second kappa shape index (κ2) is 11.4. The van der Waals surface area contributed by atoms with Crippen LogP contribution in [0.15, 0.2) is 36.9 Å². The summed E-state index contributed by atoms with van der Waals surface area (Å²) >= 11 is 0. The molecule has 0 saturated carbocycles. The van der Waals surface area contributed by atoms with Crippen LogP contribution in [0, 0.1) is 17.8 Å². The number of rotatable bonds is 10. The molecule has 27 heavy (non-hydrogen) atoms. The topological polar surface area (TPSA) is 64.6 Å². The van der Waals surface area contributed by atoms with Crippen molar-refractivity contribution in [3.63, 3.8) is 0 Å². The van der Waals surface area contributed by atoms with Gasteiger partial charge in [0.05, 0.1) is 6.54 Å². The first-order valence-electron chi connectivity index (χ1n) is 9.64. The van der Waals surface area contributed by atoms with Gasteiger partial charge in [-0.05, 0) is 41.4 Å². The average molecular weight is 376 g/mol. The van der Waals surface area contributed by atoms with E-state index in [1.807, 2.05) is 24.3 Å². The number of nitrogens with one attached hydrogen (secondary N) is 1. The van der Waals surface area contributed by atoms with Gasteiger partial charge >= 0.3 is 12.1 Å². The molecule has 0 fully saturated rings. The average Bonchev–Trinajstić information content (AvgIpc) is 2.63. The zero-order valence-corrected chi connectivity index (χ0v) is 17.2. The highest BCUT2D eigenvalue weighted by molar-refractivity contribution is 5.81. The van der Waals surface area contributed by atoms with Gasteiger partial charge in [-0.2, -0.15) is 0 Å². The molecule has 0 radical (unpaired) electrons. The molecule has 1 aromatic carbocycles. The predicted octanol–water partition coefficient (Wildman–Crippen LogP) is 4.93. The van der Waals surface area contributed by atoms with E-state index >= 15 is 0 Å². The summed E-state index contributed by atoms with van der Waals surface area (Å²) in [5, 5.41) is 2.54. The fourth-order valence-electron chi connectivity index (χ4n) is 3.53. The maximum Gasteiger partial charge on any atom is 0.412 e. The number of benzene rings is 1. The van der Waals surface area contributed by atoms with Gasteiger partial charge in [0.15, 0.2) is 0 Å². The summed E-state index contributed by atoms with van der Waals surface area (Å²) in [5.41, 5.74) is 1.27. The number of amides is 1. The van der Waals surface area contributed by atoms with Gasteiger partial charge in [0.1, 0.15) is 12.4 Å². The smallest absolute Gasteiger partial charge is 0.412 e. The van der Waals surface area contributed by atoms with Crippen LogP contribution >= 0.6 is 0 Å². The van der Waals surface area contributed by atoms with Crippen LogP contribution in [0.1, 0.15) is 52.5 Å². The Morgan fingerprint density at radius 2 is 1.74 bits per heavy atom. The normalized spacial score (nSPS) is 13.1. The highest BCUT2D eigenvalue weighted by Crippen LogP contribution is 2.38. The van der Waals surface area contributed by atoms with E-state index in [4.69, 9.17) is 9.47 Å². The maximum atomic E-state index is 11.8. The first kappa shape index (κ1) is 22.7. The third-order valence-corrected chi connectivity index (χ3v) is 4.77. The SMILES string of the molecule is C=CC(=O)OCCNC(=O)Oc1ccc(C(C(C)C)C(CC)C(C)C)cc1. The van der Waals surface area contributed by atoms with Crippen molar-refractivity contribution < 1.29 is 19.1 Å². The summed E-state index contributed by atoms with van der Waals surface area (Å²) in [7, 11) is 0. The van der Waals surface area contributed by atoms with Gasteiger partial charge in [-0.25, -0.2) is 9.59 Å². The molecule has 0 bridgehead atoms. The molecule has 0 aliphatic rings. The first-order chi connectivity index (χ1) is 12.8. The predicted molar refractivity (Wildman–Crippen MR) is 108 cm³/mol. The largest absolute Gasteiger partial charge is 0.461 e. The second-order valence-corrected chi connectivity index (χ2v) is 7.34. The van der Waals surface area contributed by atoms with Crippen molar-refractivity contribution in [1.29, 1.82) is 0 Å². The minimum Gasteiger partial charge on any atom is -0.461 e. The molecule has 0 heterocycles. The summed E-state index contributed by atoms with van der Waals surface area (Å²) in [6, 6.07) is 7.75. The Kier molecular flexibility index (Phi) is 9.62. The van der Waals surface area contributed by atoms with Crippen molar-refractivity contribution in [2.24, 2.45) is 17.8 Å². The molecule has 1 aromatic rings. The lowest BCUT2D eigenvalue weighted by Crippen LogP contribution is -2.30. The van der Waals surface area contributed by atoms with Crippen LogP contribution in [0.2, 0.25) is 0 Å². The van der Waals surface area contributed by atoms with Crippen LogP contribution in [0.4, 0.5) is 4.79 Å². The number of hydrogen-bond donors (Lipinski definition) is 1. The summed E-state index contributed by atoms with van der Waals surface area (Å²) < 4.78 is 10.0. The lowest BCUT2D eigenvalue weighted by molar-refractivity contribution is -0.137. The van der Waals surface area contributed by atoms with Crippen molar-refractivity contribution in [1.82, 2.24) is 5.32 Å². The monoisotopic (exact) mass is 375 g/mol. The molecule has 2 unspecified atom stereocenters. The Labute approximate surface area is 163 Å². The van der Waals surface area contributed by atoms with Crippen molar-refractivity contribution in [3.8, 4) is 5.75 Å². The summed E-state index contributed by atoms with van der Waals surface area (Å²) in [6.07, 6.45) is 1.64. The van der Waals surface area contributed by atoms with Gasteiger partial charge in [-0.3, -0.25) is 0 Å². The van der Waals surface area contributed by atoms with Crippen LogP contribution < -0.4 is 10.1 Å². The lowest BCUT2D eigenvalue weighted by Gasteiger charge is -2.33. The molecule has 0 spiro atoms. The van der Waals surface area contributed by atoms with Crippen LogP contribution in [0.3, 0.4) is 0 Å². The Bertz CT molecular complexity index is 607. The molecule has 0 aromatic heterocycles. The molecule has 5 heteroatoms. The van der Waals surface area contributed by atoms with Gasteiger partial charge < -0.3 is 14.8 Å². The number of carbonyl (C=O) groups excluding carboxylic acids is 2. The second-order valence-electron chi connectivity index (χ2n) is 7.34. The zero-order chi connectivity index (χ0) is 20.4. The maximum absolute atomic E-state index is 11.8. The minimum atomic E-state index is -0.577. The Balaban J connectivity index is 2.65. The van der Waals surface area contributed by atoms with Gasteiger partial charge in [-0.1, -0.05) is 59.8 Å². The highest BCUT2D eigenvalue weighted by Gasteiger charge is 2.27. The van der Waals surface area contributed by atoms with E-state index in [9.17, 15) is 9.59 Å². The molecule has 0 aliphatic carbocycles. The Morgan fingerprint density at radius 1 is 1.11 bits per heavy atom. The quantitative estimate of drug-likeness (QED) is 0.358. The summed E-state index contributed by atoms with van der Waals surface area (Å²) in [6.45, 7) is 14.9. The fourth-order valence-corrected chi connectivity index (χ4v) is 3.53. The number of esters is 1. The number of hydrogen-bond acceptors (Lipinski definition) is 4. The van der Waals surface area contributed by atoms with Crippen molar-refractivity contribution in [2.45, 2.75) is 47.0 Å². The van der Waals surface area contributed by atoms with E-state index in [-0.39, 0.29) is 13.2 Å². The molecular formula is C22H33NO4. The fraction of sp³-hybridized carbons (Fsp3) is 0.545. The zero-order valence-electron chi connectivity index (χ0n) is 17.2. The van der Waals surface area contributed by atoms with Crippen molar-refractivity contribution in [2.75, 3.05) is 13.2 Å². The van der Waals surface area contributed by atoms with Crippen LogP contribution in [-0.4, -0.2) is 25.2 Å². The molecular weight excluding hydrogens is 342 g/mol. The van der Waals surface area contributed by atoms with E-state index in [2.05, 4.69) is 46.5 Å². The van der Waals surface area contributed by atoms with Crippen LogP contribution in [0.5, 0.6) is 5.75 Å². The van der Waals surface area contributed by atoms with E-state index in [0.717, 1.165) is 12.5 Å². The molecule has 0 saturated heterocycles. The van der Waals surface area contributed by atoms with Gasteiger partial charge in [0, 0.05) is 6.08 Å². The van der Waals surface area contributed by atoms with Crippen LogP contribution in [-0.2, 0) is 9.53 Å². The Morgan fingerprint density at radius 3 is 2.22 bits per heavy atom. The minimum absolute atomic E-state index is 0.0720. The van der Waals surface area contributed by atoms with Crippen molar-refractivity contribution >= 4 is 12.1 Å². The standard InChI is InChI=1S/C22H33NO4/c1-7-19(15(3)4)21(16(5)6)17-9-11-18(12-10-17)27-22(25)23-13-14-26-20(24)8-2/h8-12,15-16,19,21H,2,7,13-14H2,1,3-6H3,(H,23,25). The molecule has 1 N–H and O–H groups in total. The molecule has 1 rings (SSSR count). The van der Waals surface area contributed by atoms with E-state index < -0.39 is 12.1 Å². The molecule has 2 atom stereocenters. The van der Waals surface area contributed by atoms with Crippen molar-refractivity contribution in [3.05, 3.63) is 42.5 Å². The highest BCUT2D eigenvalue weighted by atomic mass is 16.6. The van der Waals surface area contributed by atoms with E-state index in [0.29, 0.717) is 29.4 Å². The Hall–Kier alpha value is -2.30. The third kappa shape index (κ3) is 7.45. The number of carbonyl (C=O) groups is 2.